The van der Waals surface area contributed by atoms with Crippen LogP contribution >= 0.6 is 34.8 Å². The molecule has 0 atom stereocenters. The van der Waals surface area contributed by atoms with Crippen LogP contribution in [0.5, 0.6) is 11.5 Å². The Kier molecular flexibility index (Phi) is 5.55. The first-order valence-electron chi connectivity index (χ1n) is 6.22. The van der Waals surface area contributed by atoms with E-state index in [2.05, 4.69) is 5.32 Å². The van der Waals surface area contributed by atoms with Crippen LogP contribution in [0.25, 0.3) is 0 Å². The molecule has 0 saturated heterocycles. The zero-order valence-electron chi connectivity index (χ0n) is 10.9. The predicted molar refractivity (Wildman–Crippen MR) is 85.4 cm³/mol. The van der Waals surface area contributed by atoms with Gasteiger partial charge in [0.05, 0.1) is 5.02 Å². The molecule has 0 unspecified atom stereocenters. The number of nitrogens with one attached hydrogen (secondary N) is 1. The van der Waals surface area contributed by atoms with Gasteiger partial charge in [0.15, 0.2) is 0 Å². The van der Waals surface area contributed by atoms with E-state index in [0.717, 1.165) is 12.1 Å². The van der Waals surface area contributed by atoms with Crippen molar-refractivity contribution in [2.75, 3.05) is 6.54 Å². The van der Waals surface area contributed by atoms with Crippen LogP contribution in [0.3, 0.4) is 0 Å². The number of benzene rings is 2. The maximum absolute atomic E-state index is 6.11. The summed E-state index contributed by atoms with van der Waals surface area (Å²) in [6, 6.07) is 10.6. The summed E-state index contributed by atoms with van der Waals surface area (Å²) in [6.07, 6.45) is 0. The number of ether oxygens (including phenoxy) is 1. The van der Waals surface area contributed by atoms with Crippen LogP contribution in [-0.4, -0.2) is 6.54 Å². The minimum atomic E-state index is 0.503. The number of hydrogen-bond acceptors (Lipinski definition) is 2. The van der Waals surface area contributed by atoms with E-state index in [0.29, 0.717) is 33.1 Å². The van der Waals surface area contributed by atoms with Crippen molar-refractivity contribution in [3.8, 4) is 11.5 Å². The molecule has 106 valence electrons. The van der Waals surface area contributed by atoms with Crippen molar-refractivity contribution in [1.29, 1.82) is 0 Å². The van der Waals surface area contributed by atoms with Crippen molar-refractivity contribution in [3.05, 3.63) is 57.0 Å². The Hall–Kier alpha value is -0.930. The fraction of sp³-hybridized carbons (Fsp3) is 0.200. The van der Waals surface area contributed by atoms with E-state index in [1.165, 1.54) is 0 Å². The van der Waals surface area contributed by atoms with Gasteiger partial charge in [0.1, 0.15) is 11.5 Å². The smallest absolute Gasteiger partial charge is 0.147 e. The number of hydrogen-bond donors (Lipinski definition) is 1. The highest BCUT2D eigenvalue weighted by Crippen LogP contribution is 2.34. The minimum absolute atomic E-state index is 0.503. The van der Waals surface area contributed by atoms with Crippen molar-refractivity contribution in [1.82, 2.24) is 5.32 Å². The van der Waals surface area contributed by atoms with Gasteiger partial charge in [-0.2, -0.15) is 0 Å². The first kappa shape index (κ1) is 15.5. The summed E-state index contributed by atoms with van der Waals surface area (Å²) >= 11 is 18.1. The van der Waals surface area contributed by atoms with Gasteiger partial charge in [0, 0.05) is 28.2 Å². The SMILES string of the molecule is CCNCc1ccc(Cl)cc1Oc1cc(Cl)ccc1Cl. The highest BCUT2D eigenvalue weighted by Gasteiger charge is 2.09. The van der Waals surface area contributed by atoms with Crippen molar-refractivity contribution in [3.63, 3.8) is 0 Å². The molecule has 0 aliphatic heterocycles. The molecular formula is C15H14Cl3NO. The Morgan fingerprint density at radius 1 is 0.950 bits per heavy atom. The van der Waals surface area contributed by atoms with Crippen LogP contribution in [-0.2, 0) is 6.54 Å². The van der Waals surface area contributed by atoms with Crippen LogP contribution in [0.2, 0.25) is 15.1 Å². The number of halogens is 3. The van der Waals surface area contributed by atoms with Crippen LogP contribution < -0.4 is 10.1 Å². The highest BCUT2D eigenvalue weighted by molar-refractivity contribution is 6.34. The van der Waals surface area contributed by atoms with Crippen LogP contribution in [0.4, 0.5) is 0 Å². The third-order valence-electron chi connectivity index (χ3n) is 2.71. The molecule has 0 fully saturated rings. The highest BCUT2D eigenvalue weighted by atomic mass is 35.5. The summed E-state index contributed by atoms with van der Waals surface area (Å²) in [5.74, 6) is 1.18. The normalized spacial score (nSPS) is 10.6. The Morgan fingerprint density at radius 2 is 1.60 bits per heavy atom. The molecule has 0 radical (unpaired) electrons. The van der Waals surface area contributed by atoms with E-state index in [1.807, 2.05) is 19.1 Å². The molecule has 0 spiro atoms. The summed E-state index contributed by atoms with van der Waals surface area (Å²) in [6.45, 7) is 3.62. The molecule has 0 aliphatic rings. The summed E-state index contributed by atoms with van der Waals surface area (Å²) in [5.41, 5.74) is 1.01. The van der Waals surface area contributed by atoms with Gasteiger partial charge in [-0.25, -0.2) is 0 Å². The van der Waals surface area contributed by atoms with E-state index in [1.54, 1.807) is 24.3 Å². The lowest BCUT2D eigenvalue weighted by molar-refractivity contribution is 0.473. The maximum atomic E-state index is 6.11. The fourth-order valence-electron chi connectivity index (χ4n) is 1.70. The monoisotopic (exact) mass is 329 g/mol. The van der Waals surface area contributed by atoms with Crippen molar-refractivity contribution in [2.24, 2.45) is 0 Å². The van der Waals surface area contributed by atoms with Crippen molar-refractivity contribution >= 4 is 34.8 Å². The molecular weight excluding hydrogens is 317 g/mol. The van der Waals surface area contributed by atoms with Gasteiger partial charge >= 0.3 is 0 Å². The summed E-state index contributed by atoms with van der Waals surface area (Å²) in [7, 11) is 0. The van der Waals surface area contributed by atoms with E-state index < -0.39 is 0 Å². The topological polar surface area (TPSA) is 21.3 Å². The molecule has 0 aromatic heterocycles. The minimum Gasteiger partial charge on any atom is -0.455 e. The average Bonchev–Trinajstić information content (AvgIpc) is 2.42. The van der Waals surface area contributed by atoms with Gasteiger partial charge in [0.2, 0.25) is 0 Å². The summed E-state index contributed by atoms with van der Waals surface area (Å²) < 4.78 is 5.86. The third-order valence-corrected chi connectivity index (χ3v) is 3.49. The molecule has 0 heterocycles. The second-order valence-electron chi connectivity index (χ2n) is 4.21. The predicted octanol–water partition coefficient (Wildman–Crippen LogP) is 5.55. The molecule has 0 saturated carbocycles. The lowest BCUT2D eigenvalue weighted by Gasteiger charge is -2.13. The zero-order valence-corrected chi connectivity index (χ0v) is 13.2. The molecule has 2 rings (SSSR count). The van der Waals surface area contributed by atoms with Gasteiger partial charge in [-0.1, -0.05) is 47.8 Å². The standard InChI is InChI=1S/C15H14Cl3NO/c1-2-19-9-10-3-4-11(16)7-14(10)20-15-8-12(17)5-6-13(15)18/h3-8,19H,2,9H2,1H3. The van der Waals surface area contributed by atoms with E-state index in [-0.39, 0.29) is 0 Å². The lowest BCUT2D eigenvalue weighted by Crippen LogP contribution is -2.12. The van der Waals surface area contributed by atoms with E-state index in [4.69, 9.17) is 39.5 Å². The van der Waals surface area contributed by atoms with Crippen LogP contribution in [0, 0.1) is 0 Å². The second-order valence-corrected chi connectivity index (χ2v) is 5.49. The van der Waals surface area contributed by atoms with Crippen molar-refractivity contribution < 1.29 is 4.74 Å². The quantitative estimate of drug-likeness (QED) is 0.776. The Morgan fingerprint density at radius 3 is 2.30 bits per heavy atom. The van der Waals surface area contributed by atoms with Crippen LogP contribution in [0.15, 0.2) is 36.4 Å². The Labute approximate surface area is 133 Å². The molecule has 0 amide bonds. The van der Waals surface area contributed by atoms with Gasteiger partial charge < -0.3 is 10.1 Å². The largest absolute Gasteiger partial charge is 0.455 e. The Balaban J connectivity index is 2.31. The third kappa shape index (κ3) is 4.03. The molecule has 2 aromatic rings. The molecule has 0 bridgehead atoms. The zero-order chi connectivity index (χ0) is 14.5. The van der Waals surface area contributed by atoms with E-state index in [9.17, 15) is 0 Å². The second kappa shape index (κ2) is 7.19. The summed E-state index contributed by atoms with van der Waals surface area (Å²) in [5, 5.41) is 4.94. The maximum Gasteiger partial charge on any atom is 0.147 e. The molecule has 2 aromatic carbocycles. The first-order valence-corrected chi connectivity index (χ1v) is 7.35. The van der Waals surface area contributed by atoms with Gasteiger partial charge in [-0.15, -0.1) is 0 Å². The van der Waals surface area contributed by atoms with Crippen LogP contribution in [0.1, 0.15) is 12.5 Å². The number of rotatable bonds is 5. The molecule has 2 nitrogen and oxygen atoms in total. The fourth-order valence-corrected chi connectivity index (χ4v) is 2.18. The van der Waals surface area contributed by atoms with Crippen molar-refractivity contribution in [2.45, 2.75) is 13.5 Å². The Bertz CT molecular complexity index is 602. The summed E-state index contributed by atoms with van der Waals surface area (Å²) in [4.78, 5) is 0. The molecule has 1 N–H and O–H groups in total. The van der Waals surface area contributed by atoms with Gasteiger partial charge in [0.25, 0.3) is 0 Å². The van der Waals surface area contributed by atoms with E-state index >= 15 is 0 Å². The van der Waals surface area contributed by atoms with Gasteiger partial charge in [-0.05, 0) is 30.8 Å². The molecule has 20 heavy (non-hydrogen) atoms. The van der Waals surface area contributed by atoms with Gasteiger partial charge in [-0.3, -0.25) is 0 Å². The lowest BCUT2D eigenvalue weighted by atomic mass is 10.2. The average molecular weight is 331 g/mol. The first-order chi connectivity index (χ1) is 9.60. The molecule has 0 aliphatic carbocycles. The molecule has 5 heteroatoms.